The lowest BCUT2D eigenvalue weighted by atomic mass is 9.96. The number of amides is 2. The van der Waals surface area contributed by atoms with E-state index < -0.39 is 0 Å². The maximum atomic E-state index is 12.5. The topological polar surface area (TPSA) is 61.4 Å². The lowest BCUT2D eigenvalue weighted by Gasteiger charge is -2.30. The SMILES string of the molecule is Cc1ccc(NC(=O)CN2CCC(C(=O)Nc3cccc(Cl)c3)CC2)cc1C. The van der Waals surface area contributed by atoms with Crippen LogP contribution in [0.25, 0.3) is 0 Å². The molecule has 2 aromatic rings. The first-order chi connectivity index (χ1) is 13.4. The molecule has 0 bridgehead atoms. The summed E-state index contributed by atoms with van der Waals surface area (Å²) in [5.41, 5.74) is 3.90. The van der Waals surface area contributed by atoms with Gasteiger partial charge in [0, 0.05) is 22.3 Å². The average Bonchev–Trinajstić information content (AvgIpc) is 2.65. The number of rotatable bonds is 5. The Morgan fingerprint density at radius 3 is 2.39 bits per heavy atom. The number of anilines is 2. The van der Waals surface area contributed by atoms with Crippen LogP contribution in [-0.2, 0) is 9.59 Å². The van der Waals surface area contributed by atoms with Crippen LogP contribution in [0, 0.1) is 19.8 Å². The van der Waals surface area contributed by atoms with Gasteiger partial charge in [0.1, 0.15) is 0 Å². The number of hydrogen-bond donors (Lipinski definition) is 2. The largest absolute Gasteiger partial charge is 0.326 e. The Kier molecular flexibility index (Phi) is 6.70. The second-order valence-corrected chi connectivity index (χ2v) is 7.83. The van der Waals surface area contributed by atoms with Crippen LogP contribution in [0.4, 0.5) is 11.4 Å². The molecular weight excluding hydrogens is 374 g/mol. The van der Waals surface area contributed by atoms with Gasteiger partial charge in [-0.05, 0) is 81.2 Å². The molecule has 2 amide bonds. The smallest absolute Gasteiger partial charge is 0.238 e. The fourth-order valence-electron chi connectivity index (χ4n) is 3.39. The molecule has 0 spiro atoms. The van der Waals surface area contributed by atoms with Crippen molar-refractivity contribution < 1.29 is 9.59 Å². The molecule has 5 nitrogen and oxygen atoms in total. The maximum Gasteiger partial charge on any atom is 0.238 e. The Balaban J connectivity index is 1.45. The molecule has 0 radical (unpaired) electrons. The molecular formula is C22H26ClN3O2. The molecule has 3 rings (SSSR count). The van der Waals surface area contributed by atoms with Gasteiger partial charge in [-0.1, -0.05) is 23.7 Å². The molecule has 6 heteroatoms. The Morgan fingerprint density at radius 1 is 1.00 bits per heavy atom. The molecule has 1 saturated heterocycles. The normalized spacial score (nSPS) is 15.2. The van der Waals surface area contributed by atoms with Crippen LogP contribution in [-0.4, -0.2) is 36.3 Å². The summed E-state index contributed by atoms with van der Waals surface area (Å²) in [5.74, 6) is -0.0513. The molecule has 2 aromatic carbocycles. The number of carbonyl (C=O) groups excluding carboxylic acids is 2. The quantitative estimate of drug-likeness (QED) is 0.790. The molecule has 0 unspecified atom stereocenters. The minimum Gasteiger partial charge on any atom is -0.326 e. The van der Waals surface area contributed by atoms with E-state index in [2.05, 4.69) is 15.5 Å². The molecule has 1 aliphatic heterocycles. The Bertz CT molecular complexity index is 861. The van der Waals surface area contributed by atoms with E-state index in [0.717, 1.165) is 37.2 Å². The van der Waals surface area contributed by atoms with Gasteiger partial charge in [-0.2, -0.15) is 0 Å². The lowest BCUT2D eigenvalue weighted by Crippen LogP contribution is -2.41. The zero-order valence-corrected chi connectivity index (χ0v) is 17.1. The summed E-state index contributed by atoms with van der Waals surface area (Å²) >= 11 is 5.96. The van der Waals surface area contributed by atoms with Crippen molar-refractivity contribution in [2.24, 2.45) is 5.92 Å². The molecule has 0 aliphatic carbocycles. The van der Waals surface area contributed by atoms with E-state index in [1.165, 1.54) is 5.56 Å². The molecule has 1 heterocycles. The predicted molar refractivity (Wildman–Crippen MR) is 114 cm³/mol. The van der Waals surface area contributed by atoms with Crippen LogP contribution in [0.1, 0.15) is 24.0 Å². The number of piperidine rings is 1. The summed E-state index contributed by atoms with van der Waals surface area (Å²) in [4.78, 5) is 26.9. The van der Waals surface area contributed by atoms with Gasteiger partial charge in [0.25, 0.3) is 0 Å². The minimum atomic E-state index is -0.0435. The summed E-state index contributed by atoms with van der Waals surface area (Å²) in [6.07, 6.45) is 1.48. The second kappa shape index (κ2) is 9.22. The molecule has 1 fully saturated rings. The van der Waals surface area contributed by atoms with Crippen LogP contribution >= 0.6 is 11.6 Å². The molecule has 148 valence electrons. The van der Waals surface area contributed by atoms with E-state index in [4.69, 9.17) is 11.6 Å². The van der Waals surface area contributed by atoms with Crippen LogP contribution in [0.3, 0.4) is 0 Å². The third kappa shape index (κ3) is 5.57. The maximum absolute atomic E-state index is 12.5. The third-order valence-electron chi connectivity index (χ3n) is 5.21. The lowest BCUT2D eigenvalue weighted by molar-refractivity contribution is -0.121. The van der Waals surface area contributed by atoms with Crippen molar-refractivity contribution in [3.8, 4) is 0 Å². The van der Waals surface area contributed by atoms with Gasteiger partial charge in [-0.15, -0.1) is 0 Å². The molecule has 0 saturated carbocycles. The first-order valence-corrected chi connectivity index (χ1v) is 9.94. The van der Waals surface area contributed by atoms with E-state index in [1.54, 1.807) is 12.1 Å². The van der Waals surface area contributed by atoms with Gasteiger partial charge in [-0.25, -0.2) is 0 Å². The minimum absolute atomic E-state index is 0.0153. The summed E-state index contributed by atoms with van der Waals surface area (Å²) in [6, 6.07) is 13.1. The van der Waals surface area contributed by atoms with Gasteiger partial charge in [0.15, 0.2) is 0 Å². The van der Waals surface area contributed by atoms with E-state index in [0.29, 0.717) is 17.3 Å². The average molecular weight is 400 g/mol. The Labute approximate surface area is 171 Å². The van der Waals surface area contributed by atoms with Crippen LogP contribution in [0.5, 0.6) is 0 Å². The number of nitrogens with one attached hydrogen (secondary N) is 2. The van der Waals surface area contributed by atoms with Crippen molar-refractivity contribution in [3.05, 3.63) is 58.6 Å². The number of halogens is 1. The zero-order valence-electron chi connectivity index (χ0n) is 16.3. The van der Waals surface area contributed by atoms with Gasteiger partial charge in [-0.3, -0.25) is 14.5 Å². The highest BCUT2D eigenvalue weighted by molar-refractivity contribution is 6.30. The van der Waals surface area contributed by atoms with Crippen LogP contribution < -0.4 is 10.6 Å². The molecule has 2 N–H and O–H groups in total. The number of nitrogens with zero attached hydrogens (tertiary/aromatic N) is 1. The number of likely N-dealkylation sites (tertiary alicyclic amines) is 1. The van der Waals surface area contributed by atoms with Crippen molar-refractivity contribution in [2.75, 3.05) is 30.3 Å². The molecule has 0 aromatic heterocycles. The fraction of sp³-hybridized carbons (Fsp3) is 0.364. The first-order valence-electron chi connectivity index (χ1n) is 9.56. The van der Waals surface area contributed by atoms with Gasteiger partial charge < -0.3 is 10.6 Å². The van der Waals surface area contributed by atoms with Crippen molar-refractivity contribution in [1.29, 1.82) is 0 Å². The third-order valence-corrected chi connectivity index (χ3v) is 5.44. The predicted octanol–water partition coefficient (Wildman–Crippen LogP) is 4.25. The second-order valence-electron chi connectivity index (χ2n) is 7.40. The van der Waals surface area contributed by atoms with Crippen molar-refractivity contribution in [1.82, 2.24) is 4.90 Å². The van der Waals surface area contributed by atoms with Crippen molar-refractivity contribution in [2.45, 2.75) is 26.7 Å². The van der Waals surface area contributed by atoms with Gasteiger partial charge in [0.05, 0.1) is 6.54 Å². The molecule has 0 atom stereocenters. The van der Waals surface area contributed by atoms with Crippen LogP contribution in [0.2, 0.25) is 5.02 Å². The summed E-state index contributed by atoms with van der Waals surface area (Å²) in [5, 5.41) is 6.49. The van der Waals surface area contributed by atoms with Crippen LogP contribution in [0.15, 0.2) is 42.5 Å². The van der Waals surface area contributed by atoms with E-state index in [-0.39, 0.29) is 17.7 Å². The molecule has 28 heavy (non-hydrogen) atoms. The number of hydrogen-bond acceptors (Lipinski definition) is 3. The number of benzene rings is 2. The highest BCUT2D eigenvalue weighted by atomic mass is 35.5. The van der Waals surface area contributed by atoms with E-state index >= 15 is 0 Å². The van der Waals surface area contributed by atoms with Crippen molar-refractivity contribution >= 4 is 34.8 Å². The Morgan fingerprint density at radius 2 is 1.71 bits per heavy atom. The first kappa shape index (κ1) is 20.4. The molecule has 1 aliphatic rings. The number of aryl methyl sites for hydroxylation is 2. The summed E-state index contributed by atoms with van der Waals surface area (Å²) in [7, 11) is 0. The van der Waals surface area contributed by atoms with Crippen molar-refractivity contribution in [3.63, 3.8) is 0 Å². The van der Waals surface area contributed by atoms with E-state index in [9.17, 15) is 9.59 Å². The van der Waals surface area contributed by atoms with E-state index in [1.807, 2.05) is 44.2 Å². The summed E-state index contributed by atoms with van der Waals surface area (Å²) < 4.78 is 0. The fourth-order valence-corrected chi connectivity index (χ4v) is 3.58. The Hall–Kier alpha value is -2.37. The zero-order chi connectivity index (χ0) is 20.1. The standard InChI is InChI=1S/C22H26ClN3O2/c1-15-6-7-20(12-16(15)2)24-21(27)14-26-10-8-17(9-11-26)22(28)25-19-5-3-4-18(23)13-19/h3-7,12-13,17H,8-11,14H2,1-2H3,(H,24,27)(H,25,28). The number of carbonyl (C=O) groups is 2. The summed E-state index contributed by atoms with van der Waals surface area (Å²) in [6.45, 7) is 5.88. The highest BCUT2D eigenvalue weighted by Crippen LogP contribution is 2.21. The van der Waals surface area contributed by atoms with Gasteiger partial charge in [0.2, 0.25) is 11.8 Å². The highest BCUT2D eigenvalue weighted by Gasteiger charge is 2.26. The van der Waals surface area contributed by atoms with Gasteiger partial charge >= 0.3 is 0 Å². The monoisotopic (exact) mass is 399 g/mol.